The number of fused-ring (bicyclic) bond motifs is 2. The second-order valence-electron chi connectivity index (χ2n) is 15.8. The molecule has 292 valence electrons. The van der Waals surface area contributed by atoms with Crippen molar-refractivity contribution in [3.63, 3.8) is 0 Å². The second-order valence-corrected chi connectivity index (χ2v) is 15.8. The molecule has 3 unspecified atom stereocenters. The van der Waals surface area contributed by atoms with Crippen LogP contribution in [0.1, 0.15) is 71.4 Å². The third-order valence-electron chi connectivity index (χ3n) is 12.0. The average Bonchev–Trinajstić information content (AvgIpc) is 3.95. The summed E-state index contributed by atoms with van der Waals surface area (Å²) in [5.74, 6) is -1.71. The molecule has 4 saturated heterocycles. The largest absolute Gasteiger partial charge is 0.417 e. The van der Waals surface area contributed by atoms with Crippen LogP contribution in [0.2, 0.25) is 0 Å². The Morgan fingerprint density at radius 2 is 1.59 bits per heavy atom. The molecule has 56 heavy (non-hydrogen) atoms. The monoisotopic (exact) mass is 771 g/mol. The molecule has 2 aromatic carbocycles. The molecule has 14 nitrogen and oxygen atoms in total. The number of anilines is 3. The van der Waals surface area contributed by atoms with Gasteiger partial charge < -0.3 is 15.1 Å². The SMILES string of the molecule is CC(C)(C(=O)Nc1ccc(C#N)c(C(F)(F)F)c1)n1cc(N2CCC(N3CC4CN(c5ccc6c(c5)C(=O)N(C5CCC(=O)NC5=O)C6=O)CC4C3)CC2)cn1. The zero-order valence-electron chi connectivity index (χ0n) is 30.8. The highest BCUT2D eigenvalue weighted by Crippen LogP contribution is 2.39. The van der Waals surface area contributed by atoms with E-state index >= 15 is 0 Å². The van der Waals surface area contributed by atoms with E-state index in [2.05, 4.69) is 30.4 Å². The Balaban J connectivity index is 0.839. The standard InChI is InChI=1S/C39H40F3N9O5/c1-38(2,37(56)45-25-4-3-22(15-43)31(13-25)39(40,41)42)50-21-28(16-44-50)47-11-9-26(10-12-47)48-17-23-19-49(20-24(23)18-48)27-5-6-29-30(14-27)36(55)51(35(29)54)32-7-8-33(52)46-34(32)53/h3-6,13-14,16,21,23-24,26,32H,7-12,17-20H2,1-2H3,(H,45,56)(H,46,52,53). The van der Waals surface area contributed by atoms with Gasteiger partial charge in [-0.2, -0.15) is 23.5 Å². The van der Waals surface area contributed by atoms with Gasteiger partial charge in [-0.25, -0.2) is 0 Å². The molecule has 5 aliphatic rings. The van der Waals surface area contributed by atoms with Crippen molar-refractivity contribution >= 4 is 46.6 Å². The van der Waals surface area contributed by atoms with Crippen molar-refractivity contribution in [2.45, 2.75) is 63.3 Å². The molecular weight excluding hydrogens is 731 g/mol. The maximum absolute atomic E-state index is 13.5. The lowest BCUT2D eigenvalue weighted by atomic mass is 10.0. The quantitative estimate of drug-likeness (QED) is 0.340. The van der Waals surface area contributed by atoms with Crippen LogP contribution in [-0.4, -0.2) is 100 Å². The van der Waals surface area contributed by atoms with Gasteiger partial charge in [0, 0.05) is 69.3 Å². The normalized spacial score (nSPS) is 23.4. The summed E-state index contributed by atoms with van der Waals surface area (Å²) >= 11 is 0. The fourth-order valence-electron chi connectivity index (χ4n) is 8.81. The first-order valence-electron chi connectivity index (χ1n) is 18.7. The van der Waals surface area contributed by atoms with Crippen LogP contribution >= 0.6 is 0 Å². The summed E-state index contributed by atoms with van der Waals surface area (Å²) < 4.78 is 41.9. The molecule has 0 bridgehead atoms. The number of carbonyl (C=O) groups is 5. The number of hydrogen-bond acceptors (Lipinski definition) is 10. The minimum atomic E-state index is -4.74. The van der Waals surface area contributed by atoms with Gasteiger partial charge in [-0.05, 0) is 81.3 Å². The Morgan fingerprint density at radius 3 is 2.25 bits per heavy atom. The fourth-order valence-corrected chi connectivity index (χ4v) is 8.81. The molecule has 0 spiro atoms. The van der Waals surface area contributed by atoms with Crippen molar-refractivity contribution in [1.29, 1.82) is 5.26 Å². The third-order valence-corrected chi connectivity index (χ3v) is 12.0. The van der Waals surface area contributed by atoms with E-state index in [1.165, 1.54) is 16.8 Å². The molecule has 8 rings (SSSR count). The summed E-state index contributed by atoms with van der Waals surface area (Å²) in [6, 6.07) is 9.31. The number of nitrogens with one attached hydrogen (secondary N) is 2. The molecule has 4 fully saturated rings. The van der Waals surface area contributed by atoms with Crippen LogP contribution in [0.3, 0.4) is 0 Å². The van der Waals surface area contributed by atoms with Crippen LogP contribution in [0.25, 0.3) is 0 Å². The number of likely N-dealkylation sites (tertiary alicyclic amines) is 1. The van der Waals surface area contributed by atoms with Crippen molar-refractivity contribution in [3.05, 3.63) is 71.0 Å². The van der Waals surface area contributed by atoms with E-state index in [1.807, 2.05) is 6.07 Å². The highest BCUT2D eigenvalue weighted by Gasteiger charge is 2.46. The number of imide groups is 2. The topological polar surface area (TPSA) is 164 Å². The van der Waals surface area contributed by atoms with Gasteiger partial charge in [0.05, 0.1) is 40.2 Å². The number of aromatic nitrogens is 2. The van der Waals surface area contributed by atoms with E-state index in [4.69, 9.17) is 5.26 Å². The summed E-state index contributed by atoms with van der Waals surface area (Å²) in [5, 5.41) is 18.3. The molecule has 1 aromatic heterocycles. The zero-order chi connectivity index (χ0) is 39.7. The summed E-state index contributed by atoms with van der Waals surface area (Å²) in [7, 11) is 0. The molecular formula is C39H40F3N9O5. The van der Waals surface area contributed by atoms with E-state index in [0.29, 0.717) is 17.9 Å². The van der Waals surface area contributed by atoms with Crippen LogP contribution in [-0.2, 0) is 26.1 Å². The smallest absolute Gasteiger partial charge is 0.371 e. The van der Waals surface area contributed by atoms with Gasteiger partial charge in [-0.3, -0.25) is 43.8 Å². The maximum atomic E-state index is 13.5. The van der Waals surface area contributed by atoms with Gasteiger partial charge in [0.1, 0.15) is 11.6 Å². The van der Waals surface area contributed by atoms with Gasteiger partial charge in [-0.1, -0.05) is 0 Å². The Bertz CT molecular complexity index is 2170. The van der Waals surface area contributed by atoms with Crippen LogP contribution in [0.15, 0.2) is 48.8 Å². The predicted octanol–water partition coefficient (Wildman–Crippen LogP) is 3.59. The Morgan fingerprint density at radius 1 is 0.893 bits per heavy atom. The zero-order valence-corrected chi connectivity index (χ0v) is 30.8. The summed E-state index contributed by atoms with van der Waals surface area (Å²) in [6.45, 7) is 8.43. The molecule has 3 aromatic rings. The number of rotatable bonds is 7. The van der Waals surface area contributed by atoms with Crippen molar-refractivity contribution in [2.24, 2.45) is 11.8 Å². The van der Waals surface area contributed by atoms with E-state index in [-0.39, 0.29) is 29.7 Å². The maximum Gasteiger partial charge on any atom is 0.417 e. The third kappa shape index (κ3) is 6.55. The number of nitriles is 1. The van der Waals surface area contributed by atoms with E-state index in [0.717, 1.165) is 80.5 Å². The molecule has 0 radical (unpaired) electrons. The first-order chi connectivity index (χ1) is 26.6. The molecule has 3 atom stereocenters. The van der Waals surface area contributed by atoms with Crippen LogP contribution < -0.4 is 20.4 Å². The van der Waals surface area contributed by atoms with E-state index < -0.39 is 58.4 Å². The molecule has 2 N–H and O–H groups in total. The predicted molar refractivity (Wildman–Crippen MR) is 195 cm³/mol. The number of amides is 5. The summed E-state index contributed by atoms with van der Waals surface area (Å²) in [4.78, 5) is 71.9. The Labute approximate surface area is 320 Å². The molecule has 0 aliphatic carbocycles. The first-order valence-corrected chi connectivity index (χ1v) is 18.7. The molecule has 0 saturated carbocycles. The summed E-state index contributed by atoms with van der Waals surface area (Å²) in [5.41, 5.74) is -0.660. The average molecular weight is 772 g/mol. The summed E-state index contributed by atoms with van der Waals surface area (Å²) in [6.07, 6.45) is 0.812. The van der Waals surface area contributed by atoms with Gasteiger partial charge in [0.2, 0.25) is 11.8 Å². The number of piperidine rings is 2. The van der Waals surface area contributed by atoms with Crippen LogP contribution in [0.5, 0.6) is 0 Å². The highest BCUT2D eigenvalue weighted by atomic mass is 19.4. The van der Waals surface area contributed by atoms with Crippen molar-refractivity contribution in [1.82, 2.24) is 24.9 Å². The van der Waals surface area contributed by atoms with E-state index in [9.17, 15) is 37.1 Å². The minimum Gasteiger partial charge on any atom is -0.371 e. The van der Waals surface area contributed by atoms with Gasteiger partial charge in [0.25, 0.3) is 17.7 Å². The molecule has 5 aliphatic heterocycles. The Kier molecular flexibility index (Phi) is 9.14. The van der Waals surface area contributed by atoms with Crippen LogP contribution in [0, 0.1) is 23.2 Å². The molecule has 5 amide bonds. The van der Waals surface area contributed by atoms with Crippen LogP contribution in [0.4, 0.5) is 30.2 Å². The van der Waals surface area contributed by atoms with Crippen molar-refractivity contribution in [3.8, 4) is 6.07 Å². The lowest BCUT2D eigenvalue weighted by Gasteiger charge is -2.38. The van der Waals surface area contributed by atoms with Crippen molar-refractivity contribution in [2.75, 3.05) is 54.4 Å². The van der Waals surface area contributed by atoms with Crippen molar-refractivity contribution < 1.29 is 37.1 Å². The minimum absolute atomic E-state index is 0.0693. The number of nitrogens with zero attached hydrogens (tertiary/aromatic N) is 7. The number of alkyl halides is 3. The van der Waals surface area contributed by atoms with Gasteiger partial charge in [0.15, 0.2) is 0 Å². The Hall–Kier alpha value is -5.76. The highest BCUT2D eigenvalue weighted by molar-refractivity contribution is 6.23. The molecule has 6 heterocycles. The number of benzene rings is 2. The number of carbonyl (C=O) groups excluding carboxylic acids is 5. The number of hydrogen-bond donors (Lipinski definition) is 2. The van der Waals surface area contributed by atoms with Gasteiger partial charge in [-0.15, -0.1) is 0 Å². The fraction of sp³-hybridized carbons (Fsp3) is 0.462. The first kappa shape index (κ1) is 37.2. The van der Waals surface area contributed by atoms with Gasteiger partial charge >= 0.3 is 6.18 Å². The lowest BCUT2D eigenvalue weighted by Crippen LogP contribution is -2.54. The lowest BCUT2D eigenvalue weighted by molar-refractivity contribution is -0.138. The van der Waals surface area contributed by atoms with E-state index in [1.54, 1.807) is 38.4 Å². The molecule has 17 heteroatoms. The number of halogens is 3. The second kappa shape index (κ2) is 13.8.